The molecule has 1 N–H and O–H groups in total. The molecule has 2 aromatic heterocycles. The molecule has 22 heavy (non-hydrogen) atoms. The zero-order valence-electron chi connectivity index (χ0n) is 11.9. The van der Waals surface area contributed by atoms with Crippen molar-refractivity contribution in [3.63, 3.8) is 0 Å². The normalized spacial score (nSPS) is 11.5. The van der Waals surface area contributed by atoms with Crippen LogP contribution in [0, 0.1) is 13.8 Å². The van der Waals surface area contributed by atoms with Crippen molar-refractivity contribution in [3.05, 3.63) is 50.6 Å². The lowest BCUT2D eigenvalue weighted by molar-refractivity contribution is 1.19. The topological polar surface area (TPSA) is 50.2 Å². The molecule has 0 bridgehead atoms. The molecule has 0 aliphatic rings. The lowest BCUT2D eigenvalue weighted by Gasteiger charge is -2.02. The second kappa shape index (κ2) is 6.20. The molecule has 0 aliphatic heterocycles. The molecular formula is C15H12Cl2N4S. The van der Waals surface area contributed by atoms with E-state index in [2.05, 4.69) is 34.3 Å². The van der Waals surface area contributed by atoms with E-state index in [1.165, 1.54) is 16.8 Å². The summed E-state index contributed by atoms with van der Waals surface area (Å²) in [6.07, 6.45) is 3.21. The fourth-order valence-electron chi connectivity index (χ4n) is 2.03. The summed E-state index contributed by atoms with van der Waals surface area (Å²) in [5.41, 5.74) is 5.00. The van der Waals surface area contributed by atoms with E-state index in [0.717, 1.165) is 15.8 Å². The van der Waals surface area contributed by atoms with Gasteiger partial charge in [0, 0.05) is 4.88 Å². The van der Waals surface area contributed by atoms with E-state index in [-0.39, 0.29) is 0 Å². The van der Waals surface area contributed by atoms with Gasteiger partial charge in [0.25, 0.3) is 0 Å². The third kappa shape index (κ3) is 2.92. The standard InChI is InChI=1S/C15H12Cl2N4S/c1-8-9(2)22-15-13(8)14(18-7-19-15)21-20-6-10-3-4-11(16)12(17)5-10/h3-7H,1-2H3,(H,18,19,21)/b20-6-. The van der Waals surface area contributed by atoms with E-state index in [0.29, 0.717) is 15.9 Å². The molecule has 0 saturated carbocycles. The van der Waals surface area contributed by atoms with Gasteiger partial charge in [0.15, 0.2) is 5.82 Å². The Morgan fingerprint density at radius 3 is 2.77 bits per heavy atom. The smallest absolute Gasteiger partial charge is 0.158 e. The summed E-state index contributed by atoms with van der Waals surface area (Å²) in [4.78, 5) is 10.7. The van der Waals surface area contributed by atoms with Crippen molar-refractivity contribution in [2.45, 2.75) is 13.8 Å². The number of halogens is 2. The van der Waals surface area contributed by atoms with Crippen LogP contribution < -0.4 is 5.43 Å². The minimum absolute atomic E-state index is 0.499. The Kier molecular flexibility index (Phi) is 4.29. The summed E-state index contributed by atoms with van der Waals surface area (Å²) < 4.78 is 0. The number of fused-ring (bicyclic) bond motifs is 1. The highest BCUT2D eigenvalue weighted by Gasteiger charge is 2.11. The Labute approximate surface area is 141 Å². The predicted octanol–water partition coefficient (Wildman–Crippen LogP) is 5.06. The molecule has 112 valence electrons. The number of rotatable bonds is 3. The van der Waals surface area contributed by atoms with Crippen LogP contribution >= 0.6 is 34.5 Å². The minimum atomic E-state index is 0.499. The third-order valence-corrected chi connectivity index (χ3v) is 5.15. The van der Waals surface area contributed by atoms with Crippen LogP contribution in [0.5, 0.6) is 0 Å². The minimum Gasteiger partial charge on any atom is -0.261 e. The molecule has 0 radical (unpaired) electrons. The number of aryl methyl sites for hydroxylation is 2. The van der Waals surface area contributed by atoms with E-state index in [1.54, 1.807) is 29.7 Å². The van der Waals surface area contributed by atoms with Crippen LogP contribution in [-0.4, -0.2) is 16.2 Å². The SMILES string of the molecule is Cc1sc2ncnc(N/N=C\c3ccc(Cl)c(Cl)c3)c2c1C. The van der Waals surface area contributed by atoms with Gasteiger partial charge in [0.2, 0.25) is 0 Å². The van der Waals surface area contributed by atoms with Gasteiger partial charge in [-0.3, -0.25) is 5.43 Å². The van der Waals surface area contributed by atoms with Gasteiger partial charge in [-0.2, -0.15) is 5.10 Å². The highest BCUT2D eigenvalue weighted by molar-refractivity contribution is 7.18. The molecule has 0 amide bonds. The Bertz CT molecular complexity index is 873. The molecule has 2 heterocycles. The molecule has 0 spiro atoms. The number of hydrogen-bond donors (Lipinski definition) is 1. The Morgan fingerprint density at radius 2 is 2.00 bits per heavy atom. The van der Waals surface area contributed by atoms with Gasteiger partial charge in [-0.05, 0) is 37.1 Å². The van der Waals surface area contributed by atoms with Crippen molar-refractivity contribution in [2.75, 3.05) is 5.43 Å². The monoisotopic (exact) mass is 350 g/mol. The van der Waals surface area contributed by atoms with Gasteiger partial charge in [0.1, 0.15) is 11.2 Å². The molecular weight excluding hydrogens is 339 g/mol. The molecule has 4 nitrogen and oxygen atoms in total. The first-order chi connectivity index (χ1) is 10.6. The Balaban J connectivity index is 1.87. The van der Waals surface area contributed by atoms with Gasteiger partial charge in [0.05, 0.1) is 21.6 Å². The highest BCUT2D eigenvalue weighted by Crippen LogP contribution is 2.32. The van der Waals surface area contributed by atoms with Crippen molar-refractivity contribution in [3.8, 4) is 0 Å². The summed E-state index contributed by atoms with van der Waals surface area (Å²) >= 11 is 13.5. The van der Waals surface area contributed by atoms with Gasteiger partial charge < -0.3 is 0 Å². The second-order valence-corrected chi connectivity index (χ2v) is 6.75. The first-order valence-electron chi connectivity index (χ1n) is 6.51. The lowest BCUT2D eigenvalue weighted by Crippen LogP contribution is -1.95. The fourth-order valence-corrected chi connectivity index (χ4v) is 3.33. The van der Waals surface area contributed by atoms with Crippen LogP contribution in [0.15, 0.2) is 29.6 Å². The summed E-state index contributed by atoms with van der Waals surface area (Å²) in [5, 5.41) is 6.25. The van der Waals surface area contributed by atoms with Crippen molar-refractivity contribution in [1.29, 1.82) is 0 Å². The number of hydrogen-bond acceptors (Lipinski definition) is 5. The summed E-state index contributed by atoms with van der Waals surface area (Å²) in [6, 6.07) is 5.33. The number of benzene rings is 1. The summed E-state index contributed by atoms with van der Waals surface area (Å²) in [6.45, 7) is 4.13. The number of hydrazone groups is 1. The first-order valence-corrected chi connectivity index (χ1v) is 8.08. The highest BCUT2D eigenvalue weighted by atomic mass is 35.5. The number of aromatic nitrogens is 2. The van der Waals surface area contributed by atoms with Gasteiger partial charge >= 0.3 is 0 Å². The van der Waals surface area contributed by atoms with Gasteiger partial charge in [-0.25, -0.2) is 9.97 Å². The predicted molar refractivity (Wildman–Crippen MR) is 94.6 cm³/mol. The Morgan fingerprint density at radius 1 is 1.18 bits per heavy atom. The molecule has 0 atom stereocenters. The third-order valence-electron chi connectivity index (χ3n) is 3.29. The van der Waals surface area contributed by atoms with Crippen LogP contribution in [0.3, 0.4) is 0 Å². The Hall–Kier alpha value is -1.69. The molecule has 0 aliphatic carbocycles. The van der Waals surface area contributed by atoms with Crippen LogP contribution in [0.1, 0.15) is 16.0 Å². The maximum Gasteiger partial charge on any atom is 0.158 e. The van der Waals surface area contributed by atoms with E-state index in [4.69, 9.17) is 23.2 Å². The van der Waals surface area contributed by atoms with E-state index in [9.17, 15) is 0 Å². The first kappa shape index (κ1) is 15.2. The zero-order valence-corrected chi connectivity index (χ0v) is 14.2. The molecule has 0 saturated heterocycles. The van der Waals surface area contributed by atoms with Crippen molar-refractivity contribution in [1.82, 2.24) is 9.97 Å². The number of nitrogens with one attached hydrogen (secondary N) is 1. The molecule has 7 heteroatoms. The van der Waals surface area contributed by atoms with Gasteiger partial charge in [-0.15, -0.1) is 11.3 Å². The van der Waals surface area contributed by atoms with Crippen LogP contribution in [-0.2, 0) is 0 Å². The molecule has 3 rings (SSSR count). The number of anilines is 1. The van der Waals surface area contributed by atoms with Crippen molar-refractivity contribution >= 4 is 56.8 Å². The quantitative estimate of drug-likeness (QED) is 0.530. The molecule has 0 fully saturated rings. The number of nitrogens with zero attached hydrogens (tertiary/aromatic N) is 3. The van der Waals surface area contributed by atoms with Crippen LogP contribution in [0.4, 0.5) is 5.82 Å². The maximum absolute atomic E-state index is 5.98. The van der Waals surface area contributed by atoms with Crippen LogP contribution in [0.2, 0.25) is 10.0 Å². The van der Waals surface area contributed by atoms with Crippen LogP contribution in [0.25, 0.3) is 10.2 Å². The summed E-state index contributed by atoms with van der Waals surface area (Å²) in [7, 11) is 0. The zero-order chi connectivity index (χ0) is 15.7. The largest absolute Gasteiger partial charge is 0.261 e. The van der Waals surface area contributed by atoms with Gasteiger partial charge in [-0.1, -0.05) is 29.3 Å². The fraction of sp³-hybridized carbons (Fsp3) is 0.133. The molecule has 3 aromatic rings. The van der Waals surface area contributed by atoms with E-state index >= 15 is 0 Å². The average molecular weight is 351 g/mol. The average Bonchev–Trinajstić information content (AvgIpc) is 2.79. The molecule has 1 aromatic carbocycles. The van der Waals surface area contributed by atoms with E-state index < -0.39 is 0 Å². The van der Waals surface area contributed by atoms with E-state index in [1.807, 2.05) is 6.07 Å². The van der Waals surface area contributed by atoms with Crippen molar-refractivity contribution < 1.29 is 0 Å². The molecule has 0 unspecified atom stereocenters. The second-order valence-electron chi connectivity index (χ2n) is 4.73. The van der Waals surface area contributed by atoms with Crippen molar-refractivity contribution in [2.24, 2.45) is 5.10 Å². The number of thiophene rings is 1. The summed E-state index contributed by atoms with van der Waals surface area (Å²) in [5.74, 6) is 0.697. The lowest BCUT2D eigenvalue weighted by atomic mass is 10.2. The maximum atomic E-state index is 5.98.